The van der Waals surface area contributed by atoms with E-state index in [9.17, 15) is 4.79 Å². The highest BCUT2D eigenvalue weighted by Crippen LogP contribution is 2.31. The van der Waals surface area contributed by atoms with E-state index in [-0.39, 0.29) is 11.9 Å². The zero-order valence-corrected chi connectivity index (χ0v) is 14.6. The first-order chi connectivity index (χ1) is 11.7. The van der Waals surface area contributed by atoms with E-state index in [1.165, 1.54) is 37.3 Å². The summed E-state index contributed by atoms with van der Waals surface area (Å²) < 4.78 is 5.74. The molecule has 24 heavy (non-hydrogen) atoms. The smallest absolute Gasteiger partial charge is 0.261 e. The summed E-state index contributed by atoms with van der Waals surface area (Å²) in [6, 6.07) is 7.27. The summed E-state index contributed by atoms with van der Waals surface area (Å²) in [5, 5.41) is 4.24. The van der Waals surface area contributed by atoms with E-state index in [0.717, 1.165) is 6.54 Å². The molecule has 3 aliphatic heterocycles. The fourth-order valence-corrected chi connectivity index (χ4v) is 4.37. The van der Waals surface area contributed by atoms with Gasteiger partial charge in [-0.3, -0.25) is 4.79 Å². The van der Waals surface area contributed by atoms with Crippen molar-refractivity contribution in [2.75, 3.05) is 19.6 Å². The monoisotopic (exact) mass is 363 g/mol. The highest BCUT2D eigenvalue weighted by atomic mass is 35.5. The molecular formula is C17H18ClN3O2S. The number of carbonyl (C=O) groups is 1. The molecule has 1 atom stereocenters. The number of carbonyl (C=O) groups excluding carboxylic acids is 1. The van der Waals surface area contributed by atoms with Crippen LogP contribution in [0.5, 0.6) is 10.8 Å². The number of amides is 1. The van der Waals surface area contributed by atoms with Crippen molar-refractivity contribution >= 4 is 28.8 Å². The lowest BCUT2D eigenvalue weighted by Gasteiger charge is -2.44. The number of piperidine rings is 3. The zero-order valence-electron chi connectivity index (χ0n) is 13.1. The van der Waals surface area contributed by atoms with Gasteiger partial charge in [-0.05, 0) is 50.0 Å². The SMILES string of the molecule is O=C(NC1CN2CCC1CC2)c1ccc(Oc2ccnc(Cl)c2)s1. The number of pyridine rings is 1. The van der Waals surface area contributed by atoms with Gasteiger partial charge in [0, 0.05) is 24.8 Å². The Labute approximate surface area is 149 Å². The predicted molar refractivity (Wildman–Crippen MR) is 94.1 cm³/mol. The summed E-state index contributed by atoms with van der Waals surface area (Å²) in [5.41, 5.74) is 0. The standard InChI is InChI=1S/C17H18ClN3O2S/c18-15-9-12(3-6-19-15)23-16-2-1-14(24-16)17(22)20-13-10-21-7-4-11(13)5-8-21/h1-3,6,9,11,13H,4-5,7-8,10H2,(H,20,22). The van der Waals surface area contributed by atoms with Crippen molar-refractivity contribution in [3.8, 4) is 10.8 Å². The van der Waals surface area contributed by atoms with Gasteiger partial charge in [0.05, 0.1) is 4.88 Å². The van der Waals surface area contributed by atoms with Gasteiger partial charge < -0.3 is 15.0 Å². The molecule has 0 aliphatic carbocycles. The van der Waals surface area contributed by atoms with Crippen LogP contribution in [0.4, 0.5) is 0 Å². The summed E-state index contributed by atoms with van der Waals surface area (Å²) in [7, 11) is 0. The number of nitrogens with zero attached hydrogens (tertiary/aromatic N) is 2. The molecule has 5 rings (SSSR count). The minimum Gasteiger partial charge on any atom is -0.447 e. The molecule has 1 amide bonds. The van der Waals surface area contributed by atoms with E-state index in [0.29, 0.717) is 26.8 Å². The van der Waals surface area contributed by atoms with Crippen LogP contribution in [0.15, 0.2) is 30.5 Å². The number of thiophene rings is 1. The normalized spacial score (nSPS) is 25.5. The van der Waals surface area contributed by atoms with Crippen LogP contribution < -0.4 is 10.1 Å². The van der Waals surface area contributed by atoms with E-state index in [1.54, 1.807) is 24.4 Å². The Balaban J connectivity index is 1.40. The van der Waals surface area contributed by atoms with Crippen molar-refractivity contribution in [3.05, 3.63) is 40.5 Å². The number of hydrogen-bond donors (Lipinski definition) is 1. The molecule has 126 valence electrons. The van der Waals surface area contributed by atoms with Gasteiger partial charge in [-0.25, -0.2) is 4.98 Å². The van der Waals surface area contributed by atoms with E-state index in [4.69, 9.17) is 16.3 Å². The fraction of sp³-hybridized carbons (Fsp3) is 0.412. The average molecular weight is 364 g/mol. The van der Waals surface area contributed by atoms with Gasteiger partial charge in [-0.15, -0.1) is 0 Å². The molecule has 0 spiro atoms. The Morgan fingerprint density at radius 2 is 2.17 bits per heavy atom. The first-order valence-corrected chi connectivity index (χ1v) is 9.29. The van der Waals surface area contributed by atoms with Gasteiger partial charge in [0.2, 0.25) is 0 Å². The quantitative estimate of drug-likeness (QED) is 0.846. The number of rotatable bonds is 4. The van der Waals surface area contributed by atoms with Gasteiger partial charge in [0.1, 0.15) is 10.9 Å². The first kappa shape index (κ1) is 15.9. The van der Waals surface area contributed by atoms with Crippen molar-refractivity contribution in [2.24, 2.45) is 5.92 Å². The molecule has 3 fully saturated rings. The van der Waals surface area contributed by atoms with Gasteiger partial charge in [-0.1, -0.05) is 22.9 Å². The average Bonchev–Trinajstić information content (AvgIpc) is 3.05. The van der Waals surface area contributed by atoms with Crippen molar-refractivity contribution < 1.29 is 9.53 Å². The molecule has 1 N–H and O–H groups in total. The fourth-order valence-electron chi connectivity index (χ4n) is 3.43. The van der Waals surface area contributed by atoms with Gasteiger partial charge in [-0.2, -0.15) is 0 Å². The largest absolute Gasteiger partial charge is 0.447 e. The molecule has 3 saturated heterocycles. The minimum absolute atomic E-state index is 0.0126. The lowest BCUT2D eigenvalue weighted by Crippen LogP contribution is -2.57. The third kappa shape index (κ3) is 3.41. The Kier molecular flexibility index (Phi) is 4.43. The Hall–Kier alpha value is -1.63. The van der Waals surface area contributed by atoms with E-state index < -0.39 is 0 Å². The minimum atomic E-state index is -0.0126. The molecular weight excluding hydrogens is 346 g/mol. The Morgan fingerprint density at radius 3 is 2.88 bits per heavy atom. The highest BCUT2D eigenvalue weighted by molar-refractivity contribution is 7.15. The van der Waals surface area contributed by atoms with Crippen LogP contribution in [-0.2, 0) is 0 Å². The molecule has 0 radical (unpaired) electrons. The number of hydrogen-bond acceptors (Lipinski definition) is 5. The maximum absolute atomic E-state index is 12.5. The molecule has 2 aromatic rings. The van der Waals surface area contributed by atoms with Crippen LogP contribution in [0.3, 0.4) is 0 Å². The maximum Gasteiger partial charge on any atom is 0.261 e. The summed E-state index contributed by atoms with van der Waals surface area (Å²) in [5.74, 6) is 1.22. The lowest BCUT2D eigenvalue weighted by atomic mass is 9.84. The molecule has 5 heterocycles. The van der Waals surface area contributed by atoms with Gasteiger partial charge in [0.15, 0.2) is 5.06 Å². The Morgan fingerprint density at radius 1 is 1.33 bits per heavy atom. The third-order valence-electron chi connectivity index (χ3n) is 4.69. The molecule has 0 saturated carbocycles. The Bertz CT molecular complexity index is 743. The third-order valence-corrected chi connectivity index (χ3v) is 5.86. The molecule has 2 bridgehead atoms. The first-order valence-electron chi connectivity index (χ1n) is 8.10. The molecule has 2 aromatic heterocycles. The summed E-state index contributed by atoms with van der Waals surface area (Å²) in [6.45, 7) is 3.31. The van der Waals surface area contributed by atoms with E-state index >= 15 is 0 Å². The number of nitrogens with one attached hydrogen (secondary N) is 1. The second kappa shape index (κ2) is 6.70. The number of aromatic nitrogens is 1. The van der Waals surface area contributed by atoms with Crippen LogP contribution in [0.25, 0.3) is 0 Å². The molecule has 0 aromatic carbocycles. The van der Waals surface area contributed by atoms with E-state index in [1.807, 2.05) is 6.07 Å². The predicted octanol–water partition coefficient (Wildman–Crippen LogP) is 3.41. The molecule has 1 unspecified atom stereocenters. The summed E-state index contributed by atoms with van der Waals surface area (Å²) in [6.07, 6.45) is 3.96. The van der Waals surface area contributed by atoms with Crippen molar-refractivity contribution in [2.45, 2.75) is 18.9 Å². The summed E-state index contributed by atoms with van der Waals surface area (Å²) >= 11 is 7.19. The van der Waals surface area contributed by atoms with Crippen LogP contribution in [0.1, 0.15) is 22.5 Å². The number of ether oxygens (including phenoxy) is 1. The lowest BCUT2D eigenvalue weighted by molar-refractivity contribution is 0.0622. The van der Waals surface area contributed by atoms with Crippen LogP contribution in [0, 0.1) is 5.92 Å². The van der Waals surface area contributed by atoms with Crippen molar-refractivity contribution in [3.63, 3.8) is 0 Å². The number of fused-ring (bicyclic) bond motifs is 3. The van der Waals surface area contributed by atoms with Crippen molar-refractivity contribution in [1.29, 1.82) is 0 Å². The second-order valence-corrected chi connectivity index (χ2v) is 7.69. The number of halogens is 1. The highest BCUT2D eigenvalue weighted by Gasteiger charge is 2.35. The topological polar surface area (TPSA) is 54.5 Å². The van der Waals surface area contributed by atoms with Crippen LogP contribution in [0.2, 0.25) is 5.15 Å². The zero-order chi connectivity index (χ0) is 16.5. The van der Waals surface area contributed by atoms with Gasteiger partial charge >= 0.3 is 0 Å². The van der Waals surface area contributed by atoms with Crippen molar-refractivity contribution in [1.82, 2.24) is 15.2 Å². The van der Waals surface area contributed by atoms with Gasteiger partial charge in [0.25, 0.3) is 5.91 Å². The maximum atomic E-state index is 12.5. The second-order valence-electron chi connectivity index (χ2n) is 6.25. The summed E-state index contributed by atoms with van der Waals surface area (Å²) in [4.78, 5) is 19.5. The molecule has 3 aliphatic rings. The van der Waals surface area contributed by atoms with E-state index in [2.05, 4.69) is 15.2 Å². The molecule has 7 heteroatoms. The molecule has 5 nitrogen and oxygen atoms in total. The van der Waals surface area contributed by atoms with Crippen LogP contribution >= 0.6 is 22.9 Å². The van der Waals surface area contributed by atoms with Crippen LogP contribution in [-0.4, -0.2) is 41.5 Å².